The number of benzene rings is 1. The summed E-state index contributed by atoms with van der Waals surface area (Å²) in [5, 5.41) is 4.87. The van der Waals surface area contributed by atoms with Crippen molar-refractivity contribution in [1.29, 1.82) is 0 Å². The van der Waals surface area contributed by atoms with Crippen LogP contribution in [0.1, 0.15) is 16.2 Å². The van der Waals surface area contributed by atoms with Crippen LogP contribution in [0.25, 0.3) is 5.65 Å². The molecule has 3 aromatic rings. The van der Waals surface area contributed by atoms with Gasteiger partial charge < -0.3 is 9.47 Å². The first-order valence-corrected chi connectivity index (χ1v) is 6.85. The molecule has 112 valence electrons. The van der Waals surface area contributed by atoms with Crippen molar-refractivity contribution >= 4 is 23.2 Å². The first-order valence-electron chi connectivity index (χ1n) is 6.48. The summed E-state index contributed by atoms with van der Waals surface area (Å²) in [7, 11) is 1.33. The molecule has 22 heavy (non-hydrogen) atoms. The molecule has 0 radical (unpaired) electrons. The molecule has 0 bridgehead atoms. The number of carbonyl (C=O) groups is 1. The minimum atomic E-state index is -0.415. The lowest BCUT2D eigenvalue weighted by atomic mass is 10.3. The summed E-state index contributed by atoms with van der Waals surface area (Å²) in [4.78, 5) is 15.8. The van der Waals surface area contributed by atoms with Crippen molar-refractivity contribution in [3.63, 3.8) is 0 Å². The van der Waals surface area contributed by atoms with Crippen molar-refractivity contribution < 1.29 is 14.3 Å². The van der Waals surface area contributed by atoms with Crippen molar-refractivity contribution in [2.24, 2.45) is 0 Å². The summed E-state index contributed by atoms with van der Waals surface area (Å²) in [6.45, 7) is 0.204. The molecule has 0 atom stereocenters. The SMILES string of the molecule is COC(=O)c1ccn2nc(COc3cccc(Cl)c3)nc2c1. The first kappa shape index (κ1) is 14.3. The molecular formula is C15H12ClN3O3. The number of pyridine rings is 1. The van der Waals surface area contributed by atoms with Crippen LogP contribution in [0.2, 0.25) is 5.02 Å². The summed E-state index contributed by atoms with van der Waals surface area (Å²) in [5.74, 6) is 0.728. The summed E-state index contributed by atoms with van der Waals surface area (Å²) in [6.07, 6.45) is 1.65. The monoisotopic (exact) mass is 317 g/mol. The molecule has 6 nitrogen and oxygen atoms in total. The van der Waals surface area contributed by atoms with Crippen LogP contribution in [0.3, 0.4) is 0 Å². The maximum atomic E-state index is 11.5. The summed E-state index contributed by atoms with van der Waals surface area (Å²) in [6, 6.07) is 10.3. The highest BCUT2D eigenvalue weighted by atomic mass is 35.5. The quantitative estimate of drug-likeness (QED) is 0.692. The summed E-state index contributed by atoms with van der Waals surface area (Å²) in [5.41, 5.74) is 0.970. The van der Waals surface area contributed by atoms with Gasteiger partial charge in [-0.1, -0.05) is 17.7 Å². The number of aromatic nitrogens is 3. The number of fused-ring (bicyclic) bond motifs is 1. The van der Waals surface area contributed by atoms with Crippen LogP contribution in [0, 0.1) is 0 Å². The fourth-order valence-corrected chi connectivity index (χ4v) is 2.12. The minimum absolute atomic E-state index is 0.204. The first-order chi connectivity index (χ1) is 10.7. The number of ether oxygens (including phenoxy) is 2. The molecule has 0 saturated carbocycles. The lowest BCUT2D eigenvalue weighted by Gasteiger charge is -2.02. The Hall–Kier alpha value is -2.60. The van der Waals surface area contributed by atoms with Gasteiger partial charge in [-0.15, -0.1) is 5.10 Å². The van der Waals surface area contributed by atoms with Crippen LogP contribution < -0.4 is 4.74 Å². The van der Waals surface area contributed by atoms with Gasteiger partial charge in [0.15, 0.2) is 11.5 Å². The molecule has 2 heterocycles. The summed E-state index contributed by atoms with van der Waals surface area (Å²) >= 11 is 5.89. The normalized spacial score (nSPS) is 10.6. The van der Waals surface area contributed by atoms with Crippen molar-refractivity contribution in [3.8, 4) is 5.75 Å². The fourth-order valence-electron chi connectivity index (χ4n) is 1.94. The zero-order valence-corrected chi connectivity index (χ0v) is 12.4. The average molecular weight is 318 g/mol. The van der Waals surface area contributed by atoms with Crippen LogP contribution in [0.4, 0.5) is 0 Å². The molecule has 2 aromatic heterocycles. The van der Waals surface area contributed by atoms with Gasteiger partial charge in [-0.3, -0.25) is 0 Å². The van der Waals surface area contributed by atoms with Gasteiger partial charge in [0.2, 0.25) is 0 Å². The van der Waals surface area contributed by atoms with Crippen molar-refractivity contribution in [1.82, 2.24) is 14.6 Å². The number of methoxy groups -OCH3 is 1. The molecule has 7 heteroatoms. The highest BCUT2D eigenvalue weighted by Crippen LogP contribution is 2.18. The number of esters is 1. The highest BCUT2D eigenvalue weighted by molar-refractivity contribution is 6.30. The second-order valence-electron chi connectivity index (χ2n) is 4.48. The van der Waals surface area contributed by atoms with Crippen LogP contribution >= 0.6 is 11.6 Å². The van der Waals surface area contributed by atoms with Gasteiger partial charge in [-0.2, -0.15) is 0 Å². The van der Waals surface area contributed by atoms with Crippen molar-refractivity contribution in [3.05, 3.63) is 59.0 Å². The number of hydrogen-bond donors (Lipinski definition) is 0. The van der Waals surface area contributed by atoms with E-state index in [9.17, 15) is 4.79 Å². The Morgan fingerprint density at radius 2 is 2.18 bits per heavy atom. The van der Waals surface area contributed by atoms with E-state index in [0.717, 1.165) is 0 Å². The molecule has 0 saturated heterocycles. The average Bonchev–Trinajstić information content (AvgIpc) is 2.94. The van der Waals surface area contributed by atoms with Gasteiger partial charge in [-0.05, 0) is 30.3 Å². The van der Waals surface area contributed by atoms with E-state index in [1.165, 1.54) is 7.11 Å². The second-order valence-corrected chi connectivity index (χ2v) is 4.92. The fraction of sp³-hybridized carbons (Fsp3) is 0.133. The molecule has 0 aliphatic heterocycles. The Kier molecular flexibility index (Phi) is 3.93. The number of nitrogens with zero attached hydrogens (tertiary/aromatic N) is 3. The van der Waals surface area contributed by atoms with Crippen LogP contribution in [-0.2, 0) is 11.3 Å². The molecule has 1 aromatic carbocycles. The third kappa shape index (κ3) is 3.01. The van der Waals surface area contributed by atoms with E-state index >= 15 is 0 Å². The van der Waals surface area contributed by atoms with Gasteiger partial charge in [0.25, 0.3) is 0 Å². The molecule has 0 aliphatic rings. The lowest BCUT2D eigenvalue weighted by Crippen LogP contribution is -2.02. The smallest absolute Gasteiger partial charge is 0.338 e. The number of hydrogen-bond acceptors (Lipinski definition) is 5. The second kappa shape index (κ2) is 6.03. The zero-order valence-electron chi connectivity index (χ0n) is 11.7. The van der Waals surface area contributed by atoms with E-state index < -0.39 is 5.97 Å². The molecule has 0 N–H and O–H groups in total. The number of halogens is 1. The van der Waals surface area contributed by atoms with Gasteiger partial charge in [0, 0.05) is 11.2 Å². The van der Waals surface area contributed by atoms with Gasteiger partial charge in [-0.25, -0.2) is 14.3 Å². The Morgan fingerprint density at radius 1 is 1.32 bits per heavy atom. The molecule has 3 rings (SSSR count). The maximum Gasteiger partial charge on any atom is 0.338 e. The maximum absolute atomic E-state index is 11.5. The van der Waals surface area contributed by atoms with Crippen LogP contribution in [-0.4, -0.2) is 27.7 Å². The summed E-state index contributed by atoms with van der Waals surface area (Å²) < 4.78 is 11.8. The predicted octanol–water partition coefficient (Wildman–Crippen LogP) is 2.75. The third-order valence-corrected chi connectivity index (χ3v) is 3.20. The standard InChI is InChI=1S/C15H12ClN3O3/c1-21-15(20)10-5-6-19-14(7-10)17-13(18-19)9-22-12-4-2-3-11(16)8-12/h2-8H,9H2,1H3. The van der Waals surface area contributed by atoms with E-state index in [-0.39, 0.29) is 6.61 Å². The third-order valence-electron chi connectivity index (χ3n) is 2.97. The van der Waals surface area contributed by atoms with Gasteiger partial charge in [0.1, 0.15) is 12.4 Å². The minimum Gasteiger partial charge on any atom is -0.485 e. The van der Waals surface area contributed by atoms with Crippen LogP contribution in [0.15, 0.2) is 42.6 Å². The van der Waals surface area contributed by atoms with E-state index in [0.29, 0.717) is 27.8 Å². The Bertz CT molecular complexity index is 832. The molecule has 0 aliphatic carbocycles. The van der Waals surface area contributed by atoms with Crippen molar-refractivity contribution in [2.45, 2.75) is 6.61 Å². The Labute approximate surface area is 131 Å². The van der Waals surface area contributed by atoms with Crippen molar-refractivity contribution in [2.75, 3.05) is 7.11 Å². The van der Waals surface area contributed by atoms with Crippen LogP contribution in [0.5, 0.6) is 5.75 Å². The molecular weight excluding hydrogens is 306 g/mol. The van der Waals surface area contributed by atoms with E-state index in [1.54, 1.807) is 47.1 Å². The van der Waals surface area contributed by atoms with Gasteiger partial charge in [0.05, 0.1) is 12.7 Å². The van der Waals surface area contributed by atoms with E-state index in [2.05, 4.69) is 14.8 Å². The van der Waals surface area contributed by atoms with E-state index in [4.69, 9.17) is 16.3 Å². The Balaban J connectivity index is 1.78. The molecule has 0 fully saturated rings. The lowest BCUT2D eigenvalue weighted by molar-refractivity contribution is 0.0600. The topological polar surface area (TPSA) is 65.7 Å². The largest absolute Gasteiger partial charge is 0.485 e. The van der Waals surface area contributed by atoms with E-state index in [1.807, 2.05) is 0 Å². The predicted molar refractivity (Wildman–Crippen MR) is 80.1 cm³/mol. The Morgan fingerprint density at radius 3 is 2.95 bits per heavy atom. The highest BCUT2D eigenvalue weighted by Gasteiger charge is 2.09. The van der Waals surface area contributed by atoms with Gasteiger partial charge >= 0.3 is 5.97 Å². The molecule has 0 amide bonds. The number of carbonyl (C=O) groups excluding carboxylic acids is 1. The zero-order chi connectivity index (χ0) is 15.5. The molecule has 0 spiro atoms. The number of rotatable bonds is 4. The molecule has 0 unspecified atom stereocenters.